The molecule has 8 heteroatoms. The van der Waals surface area contributed by atoms with Crippen LogP contribution in [0.4, 0.5) is 0 Å². The maximum absolute atomic E-state index is 12.9. The van der Waals surface area contributed by atoms with Crippen molar-refractivity contribution in [1.29, 1.82) is 0 Å². The SMILES string of the molecule is CCc1nccn1-c1ccc(C(=O)N2CCO[C@](C)(C(=O)N(C)C)C2)cn1. The summed E-state index contributed by atoms with van der Waals surface area (Å²) in [4.78, 5) is 37.1. The molecule has 0 unspecified atom stereocenters. The Morgan fingerprint density at radius 1 is 1.30 bits per heavy atom. The van der Waals surface area contributed by atoms with Gasteiger partial charge < -0.3 is 14.5 Å². The van der Waals surface area contributed by atoms with Crippen molar-refractivity contribution in [1.82, 2.24) is 24.3 Å². The first-order valence-electron chi connectivity index (χ1n) is 8.99. The van der Waals surface area contributed by atoms with Gasteiger partial charge in [0.05, 0.1) is 18.7 Å². The number of pyridine rings is 1. The van der Waals surface area contributed by atoms with Crippen molar-refractivity contribution in [3.05, 3.63) is 42.1 Å². The molecule has 2 aromatic heterocycles. The molecule has 0 bridgehead atoms. The summed E-state index contributed by atoms with van der Waals surface area (Å²) >= 11 is 0. The molecule has 2 amide bonds. The van der Waals surface area contributed by atoms with Gasteiger partial charge in [-0.3, -0.25) is 14.2 Å². The van der Waals surface area contributed by atoms with Crippen molar-refractivity contribution in [2.45, 2.75) is 25.9 Å². The van der Waals surface area contributed by atoms with E-state index < -0.39 is 5.60 Å². The predicted molar refractivity (Wildman–Crippen MR) is 99.7 cm³/mol. The summed E-state index contributed by atoms with van der Waals surface area (Å²) in [5.74, 6) is 1.32. The molecule has 0 aromatic carbocycles. The van der Waals surface area contributed by atoms with E-state index in [0.29, 0.717) is 18.7 Å². The number of imidazole rings is 1. The maximum atomic E-state index is 12.9. The van der Waals surface area contributed by atoms with Crippen LogP contribution in [0.25, 0.3) is 5.82 Å². The third-order valence-corrected chi connectivity index (χ3v) is 4.70. The molecule has 0 aliphatic carbocycles. The van der Waals surface area contributed by atoms with Crippen molar-refractivity contribution in [3.63, 3.8) is 0 Å². The van der Waals surface area contributed by atoms with E-state index in [4.69, 9.17) is 4.74 Å². The summed E-state index contributed by atoms with van der Waals surface area (Å²) in [5.41, 5.74) is -0.545. The predicted octanol–water partition coefficient (Wildman–Crippen LogP) is 1.15. The second-order valence-electron chi connectivity index (χ2n) is 6.98. The fraction of sp³-hybridized carbons (Fsp3) is 0.474. The van der Waals surface area contributed by atoms with Crippen LogP contribution >= 0.6 is 0 Å². The number of carbonyl (C=O) groups excluding carboxylic acids is 2. The molecule has 3 rings (SSSR count). The van der Waals surface area contributed by atoms with Gasteiger partial charge >= 0.3 is 0 Å². The molecule has 0 spiro atoms. The molecular formula is C19H25N5O3. The Hall–Kier alpha value is -2.74. The molecule has 8 nitrogen and oxygen atoms in total. The number of nitrogens with zero attached hydrogens (tertiary/aromatic N) is 5. The number of amides is 2. The van der Waals surface area contributed by atoms with Crippen LogP contribution in [0.2, 0.25) is 0 Å². The van der Waals surface area contributed by atoms with Crippen molar-refractivity contribution in [2.75, 3.05) is 33.8 Å². The fourth-order valence-corrected chi connectivity index (χ4v) is 3.29. The first-order chi connectivity index (χ1) is 12.9. The number of hydrogen-bond acceptors (Lipinski definition) is 5. The summed E-state index contributed by atoms with van der Waals surface area (Å²) in [6.45, 7) is 4.73. The molecule has 1 atom stereocenters. The number of hydrogen-bond donors (Lipinski definition) is 0. The van der Waals surface area contributed by atoms with Gasteiger partial charge in [-0.1, -0.05) is 6.92 Å². The van der Waals surface area contributed by atoms with Crippen LogP contribution in [0.3, 0.4) is 0 Å². The zero-order valence-electron chi connectivity index (χ0n) is 16.2. The summed E-state index contributed by atoms with van der Waals surface area (Å²) in [5, 5.41) is 0. The quantitative estimate of drug-likeness (QED) is 0.805. The lowest BCUT2D eigenvalue weighted by Gasteiger charge is -2.40. The van der Waals surface area contributed by atoms with E-state index in [0.717, 1.165) is 18.1 Å². The highest BCUT2D eigenvalue weighted by Crippen LogP contribution is 2.21. The van der Waals surface area contributed by atoms with E-state index in [1.165, 1.54) is 4.90 Å². The highest BCUT2D eigenvalue weighted by atomic mass is 16.5. The van der Waals surface area contributed by atoms with Gasteiger partial charge in [0.15, 0.2) is 5.60 Å². The standard InChI is InChI=1S/C19H25N5O3/c1-5-15-20-8-9-24(15)16-7-6-14(12-21-16)17(25)23-10-11-27-19(2,13-23)18(26)22(3)4/h6-9,12H,5,10-11,13H2,1-4H3/t19-/m0/s1. The van der Waals surface area contributed by atoms with E-state index in [2.05, 4.69) is 9.97 Å². The molecule has 144 valence electrons. The van der Waals surface area contributed by atoms with Gasteiger partial charge in [0.1, 0.15) is 11.6 Å². The lowest BCUT2D eigenvalue weighted by atomic mass is 10.0. The average Bonchev–Trinajstić information content (AvgIpc) is 3.15. The van der Waals surface area contributed by atoms with Gasteiger partial charge in [-0.25, -0.2) is 9.97 Å². The Bertz CT molecular complexity index is 830. The number of aryl methyl sites for hydroxylation is 1. The minimum Gasteiger partial charge on any atom is -0.362 e. The van der Waals surface area contributed by atoms with Crippen LogP contribution in [0.1, 0.15) is 30.0 Å². The van der Waals surface area contributed by atoms with Crippen molar-refractivity contribution < 1.29 is 14.3 Å². The van der Waals surface area contributed by atoms with Crippen LogP contribution in [0.5, 0.6) is 0 Å². The molecule has 1 aliphatic heterocycles. The first-order valence-corrected chi connectivity index (χ1v) is 8.99. The van der Waals surface area contributed by atoms with Crippen molar-refractivity contribution in [2.24, 2.45) is 0 Å². The molecule has 0 N–H and O–H groups in total. The first kappa shape index (κ1) is 19.0. The molecule has 1 fully saturated rings. The highest BCUT2D eigenvalue weighted by Gasteiger charge is 2.41. The third-order valence-electron chi connectivity index (χ3n) is 4.70. The molecule has 0 saturated carbocycles. The number of likely N-dealkylation sites (N-methyl/N-ethyl adjacent to an activating group) is 1. The van der Waals surface area contributed by atoms with Gasteiger partial charge in [0.2, 0.25) is 0 Å². The molecule has 1 aliphatic rings. The second kappa shape index (κ2) is 7.48. The second-order valence-corrected chi connectivity index (χ2v) is 6.98. The lowest BCUT2D eigenvalue weighted by Crippen LogP contribution is -2.59. The Balaban J connectivity index is 1.77. The van der Waals surface area contributed by atoms with E-state index in [1.807, 2.05) is 17.7 Å². The van der Waals surface area contributed by atoms with Gasteiger partial charge in [-0.2, -0.15) is 0 Å². The molecule has 2 aromatic rings. The fourth-order valence-electron chi connectivity index (χ4n) is 3.29. The number of morpholine rings is 1. The monoisotopic (exact) mass is 371 g/mol. The Labute approximate surface area is 158 Å². The number of aromatic nitrogens is 3. The molecule has 3 heterocycles. The molecular weight excluding hydrogens is 346 g/mol. The van der Waals surface area contributed by atoms with Gasteiger partial charge in [0, 0.05) is 45.7 Å². The molecule has 1 saturated heterocycles. The molecule has 27 heavy (non-hydrogen) atoms. The number of rotatable bonds is 4. The van der Waals surface area contributed by atoms with Crippen LogP contribution in [-0.4, -0.2) is 75.5 Å². The van der Waals surface area contributed by atoms with Crippen molar-refractivity contribution >= 4 is 11.8 Å². The Kier molecular flexibility index (Phi) is 5.27. The highest BCUT2D eigenvalue weighted by molar-refractivity contribution is 5.95. The minimum atomic E-state index is -1.03. The zero-order chi connectivity index (χ0) is 19.6. The molecule has 0 radical (unpaired) electrons. The normalized spacial score (nSPS) is 19.8. The average molecular weight is 371 g/mol. The van der Waals surface area contributed by atoms with Gasteiger partial charge in [0.25, 0.3) is 11.8 Å². The Morgan fingerprint density at radius 3 is 2.70 bits per heavy atom. The number of ether oxygens (including phenoxy) is 1. The topological polar surface area (TPSA) is 80.6 Å². The maximum Gasteiger partial charge on any atom is 0.255 e. The number of carbonyl (C=O) groups is 2. The van der Waals surface area contributed by atoms with Crippen LogP contribution in [0.15, 0.2) is 30.7 Å². The summed E-state index contributed by atoms with van der Waals surface area (Å²) < 4.78 is 7.59. The van der Waals surface area contributed by atoms with Crippen LogP contribution < -0.4 is 0 Å². The Morgan fingerprint density at radius 2 is 2.07 bits per heavy atom. The van der Waals surface area contributed by atoms with Crippen molar-refractivity contribution in [3.8, 4) is 5.82 Å². The summed E-state index contributed by atoms with van der Waals surface area (Å²) in [6, 6.07) is 3.56. The van der Waals surface area contributed by atoms with E-state index in [1.54, 1.807) is 50.4 Å². The largest absolute Gasteiger partial charge is 0.362 e. The van der Waals surface area contributed by atoms with Gasteiger partial charge in [-0.15, -0.1) is 0 Å². The smallest absolute Gasteiger partial charge is 0.255 e. The lowest BCUT2D eigenvalue weighted by molar-refractivity contribution is -0.162. The van der Waals surface area contributed by atoms with E-state index in [-0.39, 0.29) is 18.4 Å². The van der Waals surface area contributed by atoms with Crippen LogP contribution in [0, 0.1) is 0 Å². The van der Waals surface area contributed by atoms with E-state index >= 15 is 0 Å². The third kappa shape index (κ3) is 3.71. The summed E-state index contributed by atoms with van der Waals surface area (Å²) in [7, 11) is 3.36. The zero-order valence-corrected chi connectivity index (χ0v) is 16.2. The van der Waals surface area contributed by atoms with Gasteiger partial charge in [-0.05, 0) is 19.1 Å². The van der Waals surface area contributed by atoms with Crippen LogP contribution in [-0.2, 0) is 16.0 Å². The minimum absolute atomic E-state index is 0.152. The summed E-state index contributed by atoms with van der Waals surface area (Å²) in [6.07, 6.45) is 5.94. The van der Waals surface area contributed by atoms with E-state index in [9.17, 15) is 9.59 Å².